The van der Waals surface area contributed by atoms with Gasteiger partial charge in [-0.25, -0.2) is 4.79 Å². The summed E-state index contributed by atoms with van der Waals surface area (Å²) in [6.07, 6.45) is 3.24. The minimum absolute atomic E-state index is 0.0389. The highest BCUT2D eigenvalue weighted by atomic mass is 16.6. The number of esters is 1. The van der Waals surface area contributed by atoms with E-state index in [2.05, 4.69) is 9.98 Å². The number of nitrogens with zero attached hydrogens (tertiary/aromatic N) is 2. The van der Waals surface area contributed by atoms with Crippen LogP contribution in [-0.2, 0) is 16.0 Å². The number of nitrogens with one attached hydrogen (secondary N) is 1. The van der Waals surface area contributed by atoms with E-state index < -0.39 is 22.7 Å². The maximum Gasteiger partial charge on any atom is 0.330 e. The molecule has 0 radical (unpaired) electrons. The van der Waals surface area contributed by atoms with Crippen LogP contribution < -0.4 is 5.11 Å². The molecular formula is C19H16N3O5-. The molecule has 8 nitrogen and oxygen atoms in total. The zero-order chi connectivity index (χ0) is 19.4. The van der Waals surface area contributed by atoms with Crippen molar-refractivity contribution < 1.29 is 19.6 Å². The lowest BCUT2D eigenvalue weighted by molar-refractivity contribution is -0.385. The van der Waals surface area contributed by atoms with Crippen LogP contribution in [0.1, 0.15) is 11.1 Å². The predicted molar refractivity (Wildman–Crippen MR) is 97.9 cm³/mol. The molecule has 2 aromatic carbocycles. The summed E-state index contributed by atoms with van der Waals surface area (Å²) in [5, 5.41) is 23.7. The minimum Gasteiger partial charge on any atom is -0.872 e. The van der Waals surface area contributed by atoms with Gasteiger partial charge in [0, 0.05) is 41.9 Å². The second kappa shape index (κ2) is 7.69. The molecule has 0 aliphatic rings. The van der Waals surface area contributed by atoms with Gasteiger partial charge in [-0.2, -0.15) is 0 Å². The van der Waals surface area contributed by atoms with E-state index in [0.717, 1.165) is 34.7 Å². The van der Waals surface area contributed by atoms with Crippen molar-refractivity contribution in [3.05, 3.63) is 69.9 Å². The summed E-state index contributed by atoms with van der Waals surface area (Å²) in [4.78, 5) is 29.7. The average molecular weight is 366 g/mol. The number of methoxy groups -OCH3 is 1. The van der Waals surface area contributed by atoms with Crippen molar-refractivity contribution in [3.63, 3.8) is 0 Å². The minimum atomic E-state index is -0.882. The van der Waals surface area contributed by atoms with Crippen LogP contribution in [0.2, 0.25) is 0 Å². The number of aromatic nitrogens is 1. The third-order valence-electron chi connectivity index (χ3n) is 4.16. The smallest absolute Gasteiger partial charge is 0.330 e. The van der Waals surface area contributed by atoms with E-state index in [9.17, 15) is 20.0 Å². The van der Waals surface area contributed by atoms with Crippen LogP contribution in [0.5, 0.6) is 5.75 Å². The fourth-order valence-electron chi connectivity index (χ4n) is 2.76. The fourth-order valence-corrected chi connectivity index (χ4v) is 2.76. The summed E-state index contributed by atoms with van der Waals surface area (Å²) in [5.41, 5.74) is 1.62. The summed E-state index contributed by atoms with van der Waals surface area (Å²) >= 11 is 0. The molecule has 0 aliphatic carbocycles. The first-order valence-corrected chi connectivity index (χ1v) is 8.11. The van der Waals surface area contributed by atoms with Crippen molar-refractivity contribution in [1.29, 1.82) is 0 Å². The number of H-pyrrole nitrogens is 1. The van der Waals surface area contributed by atoms with Gasteiger partial charge in [0.25, 0.3) is 5.69 Å². The van der Waals surface area contributed by atoms with E-state index in [4.69, 9.17) is 4.74 Å². The highest BCUT2D eigenvalue weighted by Crippen LogP contribution is 2.22. The van der Waals surface area contributed by atoms with Gasteiger partial charge in [-0.15, -0.1) is 0 Å². The van der Waals surface area contributed by atoms with Gasteiger partial charge in [0.1, 0.15) is 0 Å². The first-order valence-electron chi connectivity index (χ1n) is 8.11. The first kappa shape index (κ1) is 18.1. The largest absolute Gasteiger partial charge is 0.872 e. The topological polar surface area (TPSA) is 121 Å². The van der Waals surface area contributed by atoms with E-state index in [1.54, 1.807) is 6.20 Å². The molecule has 0 saturated carbocycles. The predicted octanol–water partition coefficient (Wildman–Crippen LogP) is 2.35. The van der Waals surface area contributed by atoms with Crippen molar-refractivity contribution in [1.82, 2.24) is 4.98 Å². The van der Waals surface area contributed by atoms with Crippen LogP contribution in [0.3, 0.4) is 0 Å². The summed E-state index contributed by atoms with van der Waals surface area (Å²) in [6, 6.07) is 10.1. The van der Waals surface area contributed by atoms with Gasteiger partial charge in [-0.1, -0.05) is 30.0 Å². The first-order chi connectivity index (χ1) is 13.0. The number of nitro benzene ring substituents is 1. The number of aromatic amines is 1. The van der Waals surface area contributed by atoms with Crippen LogP contribution in [0.15, 0.2) is 53.7 Å². The molecular weight excluding hydrogens is 350 g/mol. The van der Waals surface area contributed by atoms with Crippen molar-refractivity contribution >= 4 is 28.8 Å². The van der Waals surface area contributed by atoms with Crippen LogP contribution in [0.25, 0.3) is 10.9 Å². The Labute approximate surface area is 154 Å². The molecule has 0 bridgehead atoms. The lowest BCUT2D eigenvalue weighted by Crippen LogP contribution is -2.23. The van der Waals surface area contributed by atoms with Crippen molar-refractivity contribution in [2.24, 2.45) is 4.99 Å². The number of ether oxygens (including phenoxy) is 1. The Morgan fingerprint density at radius 2 is 2.11 bits per heavy atom. The summed E-state index contributed by atoms with van der Waals surface area (Å²) in [5.74, 6) is -0.977. The number of hydrogen-bond acceptors (Lipinski definition) is 6. The average Bonchev–Trinajstić information content (AvgIpc) is 3.08. The number of aliphatic imine (C=N–C) groups is 1. The standard InChI is InChI=1S/C19H17N3O5/c1-27-19(24)17(9-12-10-20-16-5-3-2-4-15(12)16)21-11-13-8-14(22(25)26)6-7-18(13)23/h2-8,10-11,17,20,23H,9H2,1H3/p-1/t17-/m1/s1. The van der Waals surface area contributed by atoms with Crippen molar-refractivity contribution in [3.8, 4) is 5.75 Å². The van der Waals surface area contributed by atoms with E-state index in [0.29, 0.717) is 0 Å². The van der Waals surface area contributed by atoms with Gasteiger partial charge in [-0.3, -0.25) is 15.1 Å². The molecule has 0 unspecified atom stereocenters. The molecule has 1 heterocycles. The Kier molecular flexibility index (Phi) is 5.16. The lowest BCUT2D eigenvalue weighted by Gasteiger charge is -2.12. The highest BCUT2D eigenvalue weighted by molar-refractivity contribution is 5.88. The van der Waals surface area contributed by atoms with E-state index >= 15 is 0 Å². The van der Waals surface area contributed by atoms with E-state index in [-0.39, 0.29) is 17.7 Å². The van der Waals surface area contributed by atoms with E-state index in [1.807, 2.05) is 24.3 Å². The number of carbonyl (C=O) groups is 1. The molecule has 0 saturated heterocycles. The molecule has 3 rings (SSSR count). The van der Waals surface area contributed by atoms with Gasteiger partial charge in [-0.05, 0) is 17.2 Å². The van der Waals surface area contributed by atoms with Crippen molar-refractivity contribution in [2.45, 2.75) is 12.5 Å². The maximum absolute atomic E-state index is 12.1. The molecule has 1 atom stereocenters. The van der Waals surface area contributed by atoms with Gasteiger partial charge >= 0.3 is 5.97 Å². The number of non-ortho nitro benzene ring substituents is 1. The Morgan fingerprint density at radius 3 is 2.85 bits per heavy atom. The number of rotatable bonds is 6. The van der Waals surface area contributed by atoms with Crippen LogP contribution in [0, 0.1) is 10.1 Å². The molecule has 0 aliphatic heterocycles. The number of nitro groups is 1. The molecule has 0 spiro atoms. The number of para-hydroxylation sites is 1. The quantitative estimate of drug-likeness (QED) is 0.311. The van der Waals surface area contributed by atoms with Gasteiger partial charge in [0.05, 0.1) is 12.0 Å². The SMILES string of the molecule is COC(=O)[C@@H](Cc1c[nH]c2ccccc12)N=Cc1cc([N+](=O)[O-])ccc1[O-]. The van der Waals surface area contributed by atoms with Crippen molar-refractivity contribution in [2.75, 3.05) is 7.11 Å². The molecule has 1 aromatic heterocycles. The molecule has 27 heavy (non-hydrogen) atoms. The normalized spacial score (nSPS) is 12.3. The van der Waals surface area contributed by atoms with Crippen LogP contribution in [-0.4, -0.2) is 35.2 Å². The third kappa shape index (κ3) is 3.95. The Bertz CT molecular complexity index is 1030. The Hall–Kier alpha value is -3.68. The third-order valence-corrected chi connectivity index (χ3v) is 4.16. The second-order valence-electron chi connectivity index (χ2n) is 5.86. The maximum atomic E-state index is 12.1. The van der Waals surface area contributed by atoms with Gasteiger partial charge in [0.2, 0.25) is 0 Å². The molecule has 8 heteroatoms. The summed E-state index contributed by atoms with van der Waals surface area (Å²) in [7, 11) is 1.26. The fraction of sp³-hybridized carbons (Fsp3) is 0.158. The van der Waals surface area contributed by atoms with E-state index in [1.165, 1.54) is 13.3 Å². The van der Waals surface area contributed by atoms with Crippen LogP contribution >= 0.6 is 0 Å². The monoisotopic (exact) mass is 366 g/mol. The van der Waals surface area contributed by atoms with Gasteiger partial charge < -0.3 is 14.8 Å². The number of carbonyl (C=O) groups excluding carboxylic acids is 1. The Balaban J connectivity index is 1.90. The zero-order valence-corrected chi connectivity index (χ0v) is 14.4. The molecule has 138 valence electrons. The van der Waals surface area contributed by atoms with Crippen LogP contribution in [0.4, 0.5) is 5.69 Å². The summed E-state index contributed by atoms with van der Waals surface area (Å²) < 4.78 is 4.80. The highest BCUT2D eigenvalue weighted by Gasteiger charge is 2.20. The number of benzene rings is 2. The number of hydrogen-bond donors (Lipinski definition) is 1. The second-order valence-corrected chi connectivity index (χ2v) is 5.86. The molecule has 0 fully saturated rings. The summed E-state index contributed by atoms with van der Waals surface area (Å²) in [6.45, 7) is 0. The zero-order valence-electron chi connectivity index (χ0n) is 14.4. The lowest BCUT2D eigenvalue weighted by atomic mass is 10.1. The molecule has 0 amide bonds. The molecule has 3 aromatic rings. The Morgan fingerprint density at radius 1 is 1.33 bits per heavy atom. The van der Waals surface area contributed by atoms with Gasteiger partial charge in [0.15, 0.2) is 6.04 Å². The number of fused-ring (bicyclic) bond motifs is 1. The molecule has 1 N–H and O–H groups in total.